The molecule has 2 nitrogen and oxygen atoms in total. The Kier molecular flexibility index (Phi) is 5.02. The van der Waals surface area contributed by atoms with Gasteiger partial charge in [0.05, 0.1) is 5.52 Å². The van der Waals surface area contributed by atoms with Gasteiger partial charge in [0, 0.05) is 16.6 Å². The van der Waals surface area contributed by atoms with E-state index >= 15 is 0 Å². The highest BCUT2D eigenvalue weighted by Gasteiger charge is 2.06. The van der Waals surface area contributed by atoms with Crippen molar-refractivity contribution in [1.82, 2.24) is 9.97 Å². The maximum atomic E-state index is 4.71. The Morgan fingerprint density at radius 3 is 2.39 bits per heavy atom. The molecule has 0 aliphatic rings. The van der Waals surface area contributed by atoms with Crippen molar-refractivity contribution in [3.63, 3.8) is 0 Å². The van der Waals surface area contributed by atoms with Gasteiger partial charge in [0.2, 0.25) is 0 Å². The van der Waals surface area contributed by atoms with E-state index in [1.54, 1.807) is 0 Å². The van der Waals surface area contributed by atoms with E-state index in [2.05, 4.69) is 55.2 Å². The molecule has 0 aliphatic heterocycles. The Bertz CT molecular complexity index is 775. The van der Waals surface area contributed by atoms with Crippen LogP contribution < -0.4 is 0 Å². The smallest absolute Gasteiger partial charge is 0.160 e. The van der Waals surface area contributed by atoms with Crippen LogP contribution in [0.3, 0.4) is 0 Å². The summed E-state index contributed by atoms with van der Waals surface area (Å²) in [5.41, 5.74) is 4.55. The van der Waals surface area contributed by atoms with Gasteiger partial charge in [-0.15, -0.1) is 0 Å². The molecule has 0 bridgehead atoms. The van der Waals surface area contributed by atoms with Crippen LogP contribution in [0.4, 0.5) is 0 Å². The maximum absolute atomic E-state index is 4.71. The van der Waals surface area contributed by atoms with Crippen molar-refractivity contribution in [2.45, 2.75) is 46.0 Å². The van der Waals surface area contributed by atoms with Crippen LogP contribution in [0.5, 0.6) is 0 Å². The molecule has 0 fully saturated rings. The number of para-hydroxylation sites is 1. The molecule has 0 spiro atoms. The molecule has 2 aromatic carbocycles. The summed E-state index contributed by atoms with van der Waals surface area (Å²) >= 11 is 0. The van der Waals surface area contributed by atoms with E-state index < -0.39 is 0 Å². The minimum absolute atomic E-state index is 0.818. The normalized spacial score (nSPS) is 11.0. The third-order valence-corrected chi connectivity index (χ3v) is 4.32. The average molecular weight is 304 g/mol. The molecule has 0 radical (unpaired) electrons. The molecule has 1 heterocycles. The van der Waals surface area contributed by atoms with E-state index in [1.165, 1.54) is 31.2 Å². The monoisotopic (exact) mass is 304 g/mol. The summed E-state index contributed by atoms with van der Waals surface area (Å²) in [6.45, 7) is 4.30. The highest BCUT2D eigenvalue weighted by atomic mass is 14.9. The third-order valence-electron chi connectivity index (χ3n) is 4.32. The number of aromatic nitrogens is 2. The topological polar surface area (TPSA) is 25.8 Å². The van der Waals surface area contributed by atoms with Gasteiger partial charge in [-0.1, -0.05) is 68.7 Å². The van der Waals surface area contributed by atoms with Crippen LogP contribution in [0.2, 0.25) is 0 Å². The number of benzene rings is 2. The highest BCUT2D eigenvalue weighted by Crippen LogP contribution is 2.22. The first-order valence-corrected chi connectivity index (χ1v) is 8.60. The van der Waals surface area contributed by atoms with Crippen molar-refractivity contribution in [2.24, 2.45) is 0 Å². The van der Waals surface area contributed by atoms with Crippen LogP contribution in [-0.2, 0) is 6.42 Å². The second-order valence-corrected chi connectivity index (χ2v) is 6.16. The summed E-state index contributed by atoms with van der Waals surface area (Å²) < 4.78 is 0. The molecule has 23 heavy (non-hydrogen) atoms. The van der Waals surface area contributed by atoms with Crippen LogP contribution in [-0.4, -0.2) is 9.97 Å². The van der Waals surface area contributed by atoms with Gasteiger partial charge in [-0.3, -0.25) is 0 Å². The quantitative estimate of drug-likeness (QED) is 0.544. The largest absolute Gasteiger partial charge is 0.233 e. The molecule has 1 aromatic heterocycles. The summed E-state index contributed by atoms with van der Waals surface area (Å²) in [6.07, 6.45) is 6.39. The van der Waals surface area contributed by atoms with Crippen molar-refractivity contribution in [3.05, 3.63) is 59.8 Å². The first-order chi connectivity index (χ1) is 11.3. The van der Waals surface area contributed by atoms with Gasteiger partial charge in [0.1, 0.15) is 0 Å². The molecule has 3 aromatic rings. The fourth-order valence-electron chi connectivity index (χ4n) is 2.94. The van der Waals surface area contributed by atoms with Crippen molar-refractivity contribution < 1.29 is 0 Å². The second kappa shape index (κ2) is 7.36. The van der Waals surface area contributed by atoms with Gasteiger partial charge in [-0.2, -0.15) is 0 Å². The second-order valence-electron chi connectivity index (χ2n) is 6.16. The highest BCUT2D eigenvalue weighted by molar-refractivity contribution is 5.82. The lowest BCUT2D eigenvalue weighted by molar-refractivity contribution is 0.667. The number of unbranched alkanes of at least 4 members (excludes halogenated alkanes) is 3. The summed E-state index contributed by atoms with van der Waals surface area (Å²) in [6, 6.07) is 16.9. The number of nitrogens with zero attached hydrogens (tertiary/aromatic N) is 2. The minimum Gasteiger partial charge on any atom is -0.233 e. The zero-order valence-electron chi connectivity index (χ0n) is 14.0. The molecule has 0 unspecified atom stereocenters. The van der Waals surface area contributed by atoms with Crippen LogP contribution in [0, 0.1) is 6.92 Å². The summed E-state index contributed by atoms with van der Waals surface area (Å²) in [7, 11) is 0. The predicted octanol–water partition coefficient (Wildman–Crippen LogP) is 5.73. The van der Waals surface area contributed by atoms with E-state index in [-0.39, 0.29) is 0 Å². The Morgan fingerprint density at radius 2 is 1.61 bits per heavy atom. The van der Waals surface area contributed by atoms with E-state index in [0.717, 1.165) is 34.4 Å². The number of aryl methyl sites for hydroxylation is 2. The Hall–Kier alpha value is -2.22. The minimum atomic E-state index is 0.818. The average Bonchev–Trinajstić information content (AvgIpc) is 2.59. The lowest BCUT2D eigenvalue weighted by Gasteiger charge is -2.07. The van der Waals surface area contributed by atoms with Gasteiger partial charge < -0.3 is 0 Å². The molecule has 0 N–H and O–H groups in total. The summed E-state index contributed by atoms with van der Waals surface area (Å²) in [5.74, 6) is 0.818. The lowest BCUT2D eigenvalue weighted by Crippen LogP contribution is -1.94. The number of hydrogen-bond acceptors (Lipinski definition) is 2. The summed E-state index contributed by atoms with van der Waals surface area (Å²) in [5, 5.41) is 1.13. The number of rotatable bonds is 6. The van der Waals surface area contributed by atoms with E-state index in [1.807, 2.05) is 12.1 Å². The SMILES string of the molecule is CCCCCCc1ccc(-c2nc(C)c3ccccc3n2)cc1. The molecular formula is C21H24N2. The third kappa shape index (κ3) is 3.76. The van der Waals surface area contributed by atoms with Gasteiger partial charge in [-0.05, 0) is 31.4 Å². The zero-order chi connectivity index (χ0) is 16.1. The zero-order valence-corrected chi connectivity index (χ0v) is 14.0. The molecule has 0 atom stereocenters. The molecule has 0 aliphatic carbocycles. The molecule has 0 amide bonds. The molecular weight excluding hydrogens is 280 g/mol. The standard InChI is InChI=1S/C21H24N2/c1-3-4-5-6-9-17-12-14-18(15-13-17)21-22-16(2)19-10-7-8-11-20(19)23-21/h7-8,10-15H,3-6,9H2,1-2H3. The number of fused-ring (bicyclic) bond motifs is 1. The van der Waals surface area contributed by atoms with E-state index in [0.29, 0.717) is 0 Å². The lowest BCUT2D eigenvalue weighted by atomic mass is 10.0. The van der Waals surface area contributed by atoms with Gasteiger partial charge in [-0.25, -0.2) is 9.97 Å². The molecule has 2 heteroatoms. The van der Waals surface area contributed by atoms with Crippen LogP contribution in [0.1, 0.15) is 43.9 Å². The Morgan fingerprint density at radius 1 is 0.826 bits per heavy atom. The molecule has 118 valence electrons. The Labute approximate surface area is 138 Å². The van der Waals surface area contributed by atoms with E-state index in [9.17, 15) is 0 Å². The molecule has 0 saturated heterocycles. The first kappa shape index (κ1) is 15.7. The van der Waals surface area contributed by atoms with Crippen molar-refractivity contribution in [3.8, 4) is 11.4 Å². The maximum Gasteiger partial charge on any atom is 0.160 e. The van der Waals surface area contributed by atoms with Gasteiger partial charge in [0.15, 0.2) is 5.82 Å². The van der Waals surface area contributed by atoms with Crippen LogP contribution in [0.15, 0.2) is 48.5 Å². The van der Waals surface area contributed by atoms with Crippen LogP contribution >= 0.6 is 0 Å². The van der Waals surface area contributed by atoms with Crippen LogP contribution in [0.25, 0.3) is 22.3 Å². The number of hydrogen-bond donors (Lipinski definition) is 0. The molecule has 3 rings (SSSR count). The fourth-order valence-corrected chi connectivity index (χ4v) is 2.94. The fraction of sp³-hybridized carbons (Fsp3) is 0.333. The van der Waals surface area contributed by atoms with Crippen molar-refractivity contribution >= 4 is 10.9 Å². The van der Waals surface area contributed by atoms with Gasteiger partial charge in [0.25, 0.3) is 0 Å². The predicted molar refractivity (Wildman–Crippen MR) is 97.6 cm³/mol. The Balaban J connectivity index is 1.79. The van der Waals surface area contributed by atoms with E-state index in [4.69, 9.17) is 4.98 Å². The first-order valence-electron chi connectivity index (χ1n) is 8.60. The molecule has 0 saturated carbocycles. The summed E-state index contributed by atoms with van der Waals surface area (Å²) in [4.78, 5) is 9.39. The van der Waals surface area contributed by atoms with Crippen molar-refractivity contribution in [2.75, 3.05) is 0 Å². The van der Waals surface area contributed by atoms with Gasteiger partial charge >= 0.3 is 0 Å². The van der Waals surface area contributed by atoms with Crippen molar-refractivity contribution in [1.29, 1.82) is 0 Å².